The van der Waals surface area contributed by atoms with Gasteiger partial charge in [-0.3, -0.25) is 14.9 Å². The first-order chi connectivity index (χ1) is 9.66. The van der Waals surface area contributed by atoms with Gasteiger partial charge in [-0.1, -0.05) is 11.3 Å². The summed E-state index contributed by atoms with van der Waals surface area (Å²) in [7, 11) is 1.21. The van der Waals surface area contributed by atoms with Gasteiger partial charge in [-0.25, -0.2) is 0 Å². The highest BCUT2D eigenvalue weighted by Gasteiger charge is 2.39. The lowest BCUT2D eigenvalue weighted by molar-refractivity contribution is -0.574. The molecule has 1 N–H and O–H groups in total. The number of rotatable bonds is 2. The van der Waals surface area contributed by atoms with Gasteiger partial charge < -0.3 is 10.5 Å². The molecule has 0 aliphatic heterocycles. The van der Waals surface area contributed by atoms with Crippen LogP contribution in [0.25, 0.3) is 10.2 Å². The fourth-order valence-corrected chi connectivity index (χ4v) is 2.77. The Kier molecular flexibility index (Phi) is 3.45. The van der Waals surface area contributed by atoms with E-state index in [0.29, 0.717) is 23.5 Å². The zero-order valence-corrected chi connectivity index (χ0v) is 11.0. The third-order valence-electron chi connectivity index (χ3n) is 2.59. The molecule has 1 aromatic carbocycles. The summed E-state index contributed by atoms with van der Waals surface area (Å²) in [4.78, 5) is 21.1. The molecule has 2 rings (SSSR count). The Labute approximate surface area is 118 Å². The molecule has 0 aliphatic carbocycles. The summed E-state index contributed by atoms with van der Waals surface area (Å²) in [5.41, 5.74) is -2.77. The average molecular weight is 321 g/mol. The van der Waals surface area contributed by atoms with Crippen LogP contribution in [-0.2, 0) is 6.18 Å². The van der Waals surface area contributed by atoms with Crippen molar-refractivity contribution in [3.8, 4) is 0 Å². The molecule has 0 aliphatic rings. The number of nitro benzene ring substituents is 1. The molecule has 0 fully saturated rings. The summed E-state index contributed by atoms with van der Waals surface area (Å²) >= 11 is 0.326. The summed E-state index contributed by atoms with van der Waals surface area (Å²) in [6.07, 6.45) is -4.89. The maximum absolute atomic E-state index is 13.0. The van der Waals surface area contributed by atoms with E-state index in [2.05, 4.69) is 5.32 Å². The topological polar surface area (TPSA) is 99.2 Å². The summed E-state index contributed by atoms with van der Waals surface area (Å²) < 4.78 is 38.3. The Bertz CT molecular complexity index is 756. The number of nitro groups is 1. The van der Waals surface area contributed by atoms with Gasteiger partial charge in [-0.15, -0.1) is 4.73 Å². The number of hydrogen-bond acceptors (Lipinski definition) is 5. The molecule has 2 aromatic rings. The first-order valence-electron chi connectivity index (χ1n) is 5.30. The van der Waals surface area contributed by atoms with Crippen LogP contribution in [0.15, 0.2) is 12.1 Å². The molecule has 0 atom stereocenters. The van der Waals surface area contributed by atoms with Crippen LogP contribution in [0.1, 0.15) is 15.4 Å². The number of nitrogens with one attached hydrogen (secondary N) is 1. The van der Waals surface area contributed by atoms with Crippen LogP contribution >= 0.6 is 11.3 Å². The highest BCUT2D eigenvalue weighted by molar-refractivity contribution is 7.20. The van der Waals surface area contributed by atoms with Crippen LogP contribution in [0.4, 0.5) is 18.9 Å². The van der Waals surface area contributed by atoms with Gasteiger partial charge in [0.25, 0.3) is 5.69 Å². The van der Waals surface area contributed by atoms with Crippen molar-refractivity contribution >= 4 is 33.1 Å². The molecule has 0 spiro atoms. The van der Waals surface area contributed by atoms with E-state index in [1.54, 1.807) is 0 Å². The molecule has 1 amide bonds. The maximum atomic E-state index is 13.0. The maximum Gasteiger partial charge on any atom is 0.418 e. The van der Waals surface area contributed by atoms with E-state index < -0.39 is 43.5 Å². The van der Waals surface area contributed by atoms with E-state index in [1.807, 2.05) is 0 Å². The summed E-state index contributed by atoms with van der Waals surface area (Å²) in [6, 6.07) is 1.05. The zero-order chi connectivity index (χ0) is 15.9. The quantitative estimate of drug-likeness (QED) is 0.395. The fourth-order valence-electron chi connectivity index (χ4n) is 1.67. The molecule has 1 aromatic heterocycles. The second kappa shape index (κ2) is 4.84. The first-order valence-corrected chi connectivity index (χ1v) is 6.12. The minimum absolute atomic E-state index is 0.0406. The predicted molar refractivity (Wildman–Crippen MR) is 65.8 cm³/mol. The van der Waals surface area contributed by atoms with E-state index in [9.17, 15) is 33.3 Å². The molecule has 1 heterocycles. The average Bonchev–Trinajstić information content (AvgIpc) is 2.73. The van der Waals surface area contributed by atoms with Crippen molar-refractivity contribution < 1.29 is 27.6 Å². The predicted octanol–water partition coefficient (Wildman–Crippen LogP) is 1.82. The fraction of sp³-hybridized carbons (Fsp3) is 0.200. The monoisotopic (exact) mass is 321 g/mol. The van der Waals surface area contributed by atoms with Gasteiger partial charge in [-0.2, -0.15) is 13.2 Å². The number of non-ortho nitro benzene ring substituents is 1. The van der Waals surface area contributed by atoms with Gasteiger partial charge in [0.05, 0.1) is 16.6 Å². The number of carbonyl (C=O) groups excluding carboxylic acids is 1. The molecule has 21 heavy (non-hydrogen) atoms. The van der Waals surface area contributed by atoms with Crippen molar-refractivity contribution in [2.45, 2.75) is 6.18 Å². The SMILES string of the molecule is CNC(=O)c1sc2c(C(F)(F)F)cc([N+](=O)[O-])cc2[n+]1[O-]. The molecule has 7 nitrogen and oxygen atoms in total. The Morgan fingerprint density at radius 1 is 1.43 bits per heavy atom. The van der Waals surface area contributed by atoms with Crippen molar-refractivity contribution in [2.24, 2.45) is 0 Å². The van der Waals surface area contributed by atoms with E-state index in [1.165, 1.54) is 7.05 Å². The van der Waals surface area contributed by atoms with Crippen molar-refractivity contribution in [2.75, 3.05) is 7.05 Å². The number of fused-ring (bicyclic) bond motifs is 1. The van der Waals surface area contributed by atoms with Crippen LogP contribution < -0.4 is 10.0 Å². The highest BCUT2D eigenvalue weighted by Crippen LogP contribution is 2.39. The Hall–Kier alpha value is -2.43. The van der Waals surface area contributed by atoms with Gasteiger partial charge in [-0.05, 0) is 0 Å². The van der Waals surface area contributed by atoms with Crippen LogP contribution in [0, 0.1) is 15.3 Å². The number of carbonyl (C=O) groups is 1. The molecule has 11 heteroatoms. The van der Waals surface area contributed by atoms with Crippen LogP contribution in [-0.4, -0.2) is 17.9 Å². The number of alkyl halides is 3. The van der Waals surface area contributed by atoms with E-state index in [0.717, 1.165) is 0 Å². The lowest BCUT2D eigenvalue weighted by Gasteiger charge is -2.06. The van der Waals surface area contributed by atoms with Crippen LogP contribution in [0.5, 0.6) is 0 Å². The minimum Gasteiger partial charge on any atom is -0.617 e. The van der Waals surface area contributed by atoms with Crippen molar-refractivity contribution in [1.29, 1.82) is 0 Å². The van der Waals surface area contributed by atoms with Crippen LogP contribution in [0.3, 0.4) is 0 Å². The third-order valence-corrected chi connectivity index (χ3v) is 3.77. The third kappa shape index (κ3) is 2.46. The number of aromatic nitrogens is 1. The van der Waals surface area contributed by atoms with Gasteiger partial charge >= 0.3 is 17.1 Å². The van der Waals surface area contributed by atoms with Crippen molar-refractivity contribution in [1.82, 2.24) is 5.32 Å². The molecule has 0 bridgehead atoms. The van der Waals surface area contributed by atoms with E-state index in [4.69, 9.17) is 0 Å². The van der Waals surface area contributed by atoms with E-state index >= 15 is 0 Å². The number of nitrogens with zero attached hydrogens (tertiary/aromatic N) is 2. The summed E-state index contributed by atoms with van der Waals surface area (Å²) in [5, 5.41) is 24.1. The number of hydrogen-bond donors (Lipinski definition) is 1. The number of halogens is 3. The zero-order valence-electron chi connectivity index (χ0n) is 10.2. The highest BCUT2D eigenvalue weighted by atomic mass is 32.1. The first kappa shape index (κ1) is 15.0. The number of thiazole rings is 1. The second-order valence-electron chi connectivity index (χ2n) is 3.88. The molecular weight excluding hydrogens is 315 g/mol. The van der Waals surface area contributed by atoms with Crippen LogP contribution in [0.2, 0.25) is 0 Å². The molecule has 0 saturated carbocycles. The van der Waals surface area contributed by atoms with Gasteiger partial charge in [0, 0.05) is 13.1 Å². The normalized spacial score (nSPS) is 11.6. The van der Waals surface area contributed by atoms with Gasteiger partial charge in [0.15, 0.2) is 0 Å². The smallest absolute Gasteiger partial charge is 0.418 e. The summed E-state index contributed by atoms with van der Waals surface area (Å²) in [5.74, 6) is -0.873. The second-order valence-corrected chi connectivity index (χ2v) is 4.88. The Balaban J connectivity index is 2.88. The van der Waals surface area contributed by atoms with Crippen molar-refractivity contribution in [3.63, 3.8) is 0 Å². The summed E-state index contributed by atoms with van der Waals surface area (Å²) in [6.45, 7) is 0. The largest absolute Gasteiger partial charge is 0.617 e. The minimum atomic E-state index is -4.89. The standard InChI is InChI=1S/C10H6F3N3O4S/c1-14-8(17)9-15(18)6-3-4(16(19)20)2-5(7(6)21-9)10(11,12)13/h2-3H,1H3,(H,14,17). The molecule has 0 unspecified atom stereocenters. The Morgan fingerprint density at radius 2 is 2.05 bits per heavy atom. The van der Waals surface area contributed by atoms with Gasteiger partial charge in [0.2, 0.25) is 5.52 Å². The lowest BCUT2D eigenvalue weighted by atomic mass is 10.2. The van der Waals surface area contributed by atoms with Crippen molar-refractivity contribution in [3.05, 3.63) is 38.0 Å². The lowest BCUT2D eigenvalue weighted by Crippen LogP contribution is -2.35. The molecule has 0 saturated heterocycles. The molecule has 112 valence electrons. The molecular formula is C10H6F3N3O4S. The molecule has 0 radical (unpaired) electrons. The number of amides is 1. The number of benzene rings is 1. The van der Waals surface area contributed by atoms with E-state index in [-0.39, 0.29) is 4.73 Å². The Morgan fingerprint density at radius 3 is 2.52 bits per heavy atom. The van der Waals surface area contributed by atoms with Gasteiger partial charge in [0.1, 0.15) is 4.70 Å².